The molecule has 2 rings (SSSR count). The van der Waals surface area contributed by atoms with Gasteiger partial charge in [0.05, 0.1) is 5.92 Å². The molecule has 1 fully saturated rings. The molecule has 0 unspecified atom stereocenters. The molecule has 17 heavy (non-hydrogen) atoms. The number of halogens is 1. The molecule has 0 radical (unpaired) electrons. The minimum Gasteiger partial charge on any atom is -0.315 e. The van der Waals surface area contributed by atoms with Gasteiger partial charge in [-0.25, -0.2) is 0 Å². The first kappa shape index (κ1) is 14.0. The van der Waals surface area contributed by atoms with E-state index >= 15 is 0 Å². The van der Waals surface area contributed by atoms with Crippen LogP contribution < -0.4 is 10.2 Å². The lowest BCUT2D eigenvalue weighted by molar-refractivity contribution is -0.123. The maximum atomic E-state index is 12.1. The number of hydrogen-bond acceptors (Lipinski definition) is 2. The van der Waals surface area contributed by atoms with Crippen LogP contribution in [-0.4, -0.2) is 25.5 Å². The van der Waals surface area contributed by atoms with E-state index in [9.17, 15) is 4.79 Å². The lowest BCUT2D eigenvalue weighted by Crippen LogP contribution is -2.52. The van der Waals surface area contributed by atoms with Crippen molar-refractivity contribution in [3.63, 3.8) is 0 Å². The molecule has 1 aliphatic heterocycles. The number of nitrogens with one attached hydrogen (secondary N) is 1. The van der Waals surface area contributed by atoms with Crippen molar-refractivity contribution in [3.05, 3.63) is 29.8 Å². The predicted molar refractivity (Wildman–Crippen MR) is 72.8 cm³/mol. The first-order valence-corrected chi connectivity index (χ1v) is 5.81. The van der Waals surface area contributed by atoms with Crippen molar-refractivity contribution in [2.24, 2.45) is 5.92 Å². The fraction of sp³-hybridized carbons (Fsp3) is 0.462. The van der Waals surface area contributed by atoms with E-state index in [1.165, 1.54) is 5.56 Å². The zero-order chi connectivity index (χ0) is 11.5. The van der Waals surface area contributed by atoms with Gasteiger partial charge >= 0.3 is 0 Å². The summed E-state index contributed by atoms with van der Waals surface area (Å²) in [5.41, 5.74) is 2.22. The molecule has 0 saturated carbocycles. The Kier molecular flexibility index (Phi) is 4.97. The number of aryl methyl sites for hydroxylation is 1. The normalized spacial score (nSPS) is 14.7. The number of carbonyl (C=O) groups excluding carboxylic acids is 1. The zero-order valence-electron chi connectivity index (χ0n) is 10.3. The average molecular weight is 255 g/mol. The molecule has 1 aromatic carbocycles. The molecule has 1 amide bonds. The minimum atomic E-state index is 0. The molecule has 1 N–H and O–H groups in total. The summed E-state index contributed by atoms with van der Waals surface area (Å²) in [5.74, 6) is 0.409. The van der Waals surface area contributed by atoms with E-state index in [1.54, 1.807) is 0 Å². The first-order chi connectivity index (χ1) is 7.72. The van der Waals surface area contributed by atoms with Crippen LogP contribution in [0.4, 0.5) is 5.69 Å². The van der Waals surface area contributed by atoms with Gasteiger partial charge in [-0.1, -0.05) is 17.7 Å². The lowest BCUT2D eigenvalue weighted by atomic mass is 10.0. The smallest absolute Gasteiger partial charge is 0.232 e. The molecule has 4 heteroatoms. The SMILES string of the molecule is CCN(C(=O)C1CNC1)c1ccc(C)cc1.Cl. The van der Waals surface area contributed by atoms with Gasteiger partial charge in [0.1, 0.15) is 0 Å². The van der Waals surface area contributed by atoms with Crippen LogP contribution in [0.2, 0.25) is 0 Å². The second-order valence-electron chi connectivity index (χ2n) is 4.27. The van der Waals surface area contributed by atoms with Crippen molar-refractivity contribution in [2.75, 3.05) is 24.5 Å². The highest BCUT2D eigenvalue weighted by Gasteiger charge is 2.29. The molecule has 1 aliphatic rings. The summed E-state index contributed by atoms with van der Waals surface area (Å²) in [4.78, 5) is 14.0. The second kappa shape index (κ2) is 6.03. The zero-order valence-corrected chi connectivity index (χ0v) is 11.1. The van der Waals surface area contributed by atoms with Crippen molar-refractivity contribution in [1.29, 1.82) is 0 Å². The molecular weight excluding hydrogens is 236 g/mol. The van der Waals surface area contributed by atoms with E-state index in [0.717, 1.165) is 25.3 Å². The van der Waals surface area contributed by atoms with Crippen LogP contribution >= 0.6 is 12.4 Å². The number of hydrogen-bond donors (Lipinski definition) is 1. The maximum absolute atomic E-state index is 12.1. The summed E-state index contributed by atoms with van der Waals surface area (Å²) < 4.78 is 0. The molecule has 0 bridgehead atoms. The summed E-state index contributed by atoms with van der Waals surface area (Å²) in [6, 6.07) is 8.13. The fourth-order valence-corrected chi connectivity index (χ4v) is 1.87. The van der Waals surface area contributed by atoms with Gasteiger partial charge in [0.25, 0.3) is 0 Å². The van der Waals surface area contributed by atoms with Crippen LogP contribution in [-0.2, 0) is 4.79 Å². The average Bonchev–Trinajstić information content (AvgIpc) is 2.19. The summed E-state index contributed by atoms with van der Waals surface area (Å²) in [6.07, 6.45) is 0. The van der Waals surface area contributed by atoms with Crippen LogP contribution in [0.15, 0.2) is 24.3 Å². The molecule has 3 nitrogen and oxygen atoms in total. The molecule has 0 atom stereocenters. The van der Waals surface area contributed by atoms with E-state index < -0.39 is 0 Å². The Labute approximate surface area is 109 Å². The number of anilines is 1. The Morgan fingerprint density at radius 1 is 1.35 bits per heavy atom. The summed E-state index contributed by atoms with van der Waals surface area (Å²) >= 11 is 0. The number of amides is 1. The Bertz CT molecular complexity index is 374. The predicted octanol–water partition coefficient (Wildman–Crippen LogP) is 1.99. The van der Waals surface area contributed by atoms with E-state index in [1.807, 2.05) is 36.1 Å². The quantitative estimate of drug-likeness (QED) is 0.895. The maximum Gasteiger partial charge on any atom is 0.232 e. The van der Waals surface area contributed by atoms with Gasteiger partial charge in [-0.2, -0.15) is 0 Å². The van der Waals surface area contributed by atoms with Gasteiger partial charge < -0.3 is 10.2 Å². The largest absolute Gasteiger partial charge is 0.315 e. The van der Waals surface area contributed by atoms with Gasteiger partial charge in [-0.05, 0) is 26.0 Å². The topological polar surface area (TPSA) is 32.3 Å². The fourth-order valence-electron chi connectivity index (χ4n) is 1.87. The lowest BCUT2D eigenvalue weighted by Gasteiger charge is -2.32. The summed E-state index contributed by atoms with van der Waals surface area (Å²) in [7, 11) is 0. The van der Waals surface area contributed by atoms with Gasteiger partial charge in [-0.3, -0.25) is 4.79 Å². The van der Waals surface area contributed by atoms with Gasteiger partial charge in [0, 0.05) is 25.3 Å². The monoisotopic (exact) mass is 254 g/mol. The third-order valence-electron chi connectivity index (χ3n) is 3.06. The molecule has 1 saturated heterocycles. The molecule has 94 valence electrons. The van der Waals surface area contributed by atoms with Crippen molar-refractivity contribution in [2.45, 2.75) is 13.8 Å². The Morgan fingerprint density at radius 2 is 1.94 bits per heavy atom. The number of benzene rings is 1. The highest BCUT2D eigenvalue weighted by atomic mass is 35.5. The van der Waals surface area contributed by atoms with Gasteiger partial charge in [0.2, 0.25) is 5.91 Å². The summed E-state index contributed by atoms with van der Waals surface area (Å²) in [5, 5.41) is 3.13. The van der Waals surface area contributed by atoms with Crippen LogP contribution in [0, 0.1) is 12.8 Å². The molecule has 0 aliphatic carbocycles. The number of nitrogens with zero attached hydrogens (tertiary/aromatic N) is 1. The molecular formula is C13H19ClN2O. The standard InChI is InChI=1S/C13H18N2O.ClH/c1-3-15(13(16)11-8-14-9-11)12-6-4-10(2)5-7-12;/h4-7,11,14H,3,8-9H2,1-2H3;1H. The summed E-state index contributed by atoms with van der Waals surface area (Å²) in [6.45, 7) is 6.45. The van der Waals surface area contributed by atoms with E-state index in [0.29, 0.717) is 0 Å². The molecule has 0 spiro atoms. The van der Waals surface area contributed by atoms with Crippen LogP contribution in [0.25, 0.3) is 0 Å². The highest BCUT2D eigenvalue weighted by molar-refractivity contribution is 5.95. The Hall–Kier alpha value is -1.06. The van der Waals surface area contributed by atoms with Gasteiger partial charge in [-0.15, -0.1) is 12.4 Å². The van der Waals surface area contributed by atoms with Crippen molar-refractivity contribution in [1.82, 2.24) is 5.32 Å². The molecule has 0 aromatic heterocycles. The Balaban J connectivity index is 0.00000144. The Morgan fingerprint density at radius 3 is 2.35 bits per heavy atom. The highest BCUT2D eigenvalue weighted by Crippen LogP contribution is 2.18. The van der Waals surface area contributed by atoms with E-state index in [2.05, 4.69) is 12.2 Å². The molecule has 1 aromatic rings. The molecule has 1 heterocycles. The van der Waals surface area contributed by atoms with Crippen molar-refractivity contribution in [3.8, 4) is 0 Å². The van der Waals surface area contributed by atoms with Crippen LogP contribution in [0.1, 0.15) is 12.5 Å². The third kappa shape index (κ3) is 2.99. The van der Waals surface area contributed by atoms with Crippen molar-refractivity contribution < 1.29 is 4.79 Å². The number of rotatable bonds is 3. The minimum absolute atomic E-state index is 0. The van der Waals surface area contributed by atoms with E-state index in [4.69, 9.17) is 0 Å². The first-order valence-electron chi connectivity index (χ1n) is 5.81. The third-order valence-corrected chi connectivity index (χ3v) is 3.06. The van der Waals surface area contributed by atoms with Crippen molar-refractivity contribution >= 4 is 24.0 Å². The van der Waals surface area contributed by atoms with Crippen LogP contribution in [0.3, 0.4) is 0 Å². The van der Waals surface area contributed by atoms with Crippen LogP contribution in [0.5, 0.6) is 0 Å². The van der Waals surface area contributed by atoms with Gasteiger partial charge in [0.15, 0.2) is 0 Å². The second-order valence-corrected chi connectivity index (χ2v) is 4.27. The number of carbonyl (C=O) groups is 1. The van der Waals surface area contributed by atoms with E-state index in [-0.39, 0.29) is 24.2 Å².